The van der Waals surface area contributed by atoms with Gasteiger partial charge < -0.3 is 10.6 Å². The topological polar surface area (TPSA) is 24.1 Å². The van der Waals surface area contributed by atoms with Crippen molar-refractivity contribution in [2.24, 2.45) is 5.92 Å². The van der Waals surface area contributed by atoms with E-state index in [1.165, 1.54) is 49.8 Å². The highest BCUT2D eigenvalue weighted by Gasteiger charge is 2.20. The first-order chi connectivity index (χ1) is 8.85. The normalized spacial score (nSPS) is 26.7. The Balaban J connectivity index is 1.60. The molecule has 3 rings (SSSR count). The first kappa shape index (κ1) is 12.0. The summed E-state index contributed by atoms with van der Waals surface area (Å²) in [5.74, 6) is 0.905. The Labute approximate surface area is 110 Å². The van der Waals surface area contributed by atoms with Crippen molar-refractivity contribution in [2.45, 2.75) is 44.6 Å². The Kier molecular flexibility index (Phi) is 3.55. The lowest BCUT2D eigenvalue weighted by Crippen LogP contribution is -2.30. The number of rotatable bonds is 3. The van der Waals surface area contributed by atoms with Gasteiger partial charge in [-0.25, -0.2) is 0 Å². The number of benzene rings is 1. The molecule has 1 fully saturated rings. The van der Waals surface area contributed by atoms with Crippen LogP contribution in [0.2, 0.25) is 0 Å². The highest BCUT2D eigenvalue weighted by atomic mass is 14.9. The second kappa shape index (κ2) is 5.31. The summed E-state index contributed by atoms with van der Waals surface area (Å²) in [5.41, 5.74) is 4.43. The van der Waals surface area contributed by atoms with Crippen molar-refractivity contribution in [3.8, 4) is 0 Å². The Morgan fingerprint density at radius 1 is 1.22 bits per heavy atom. The second-order valence-corrected chi connectivity index (χ2v) is 5.88. The van der Waals surface area contributed by atoms with E-state index in [0.717, 1.165) is 18.5 Å². The summed E-state index contributed by atoms with van der Waals surface area (Å²) in [6.07, 6.45) is 7.97. The fraction of sp³-hybridized carbons (Fsp3) is 0.625. The van der Waals surface area contributed by atoms with Gasteiger partial charge in [0.1, 0.15) is 0 Å². The smallest absolute Gasteiger partial charge is 0.0373 e. The molecular weight excluding hydrogens is 220 g/mol. The summed E-state index contributed by atoms with van der Waals surface area (Å²) >= 11 is 0. The van der Waals surface area contributed by atoms with Crippen LogP contribution in [0.25, 0.3) is 0 Å². The third-order valence-electron chi connectivity index (χ3n) is 4.66. The Hall–Kier alpha value is -1.02. The highest BCUT2D eigenvalue weighted by Crippen LogP contribution is 2.29. The molecule has 1 aromatic carbocycles. The van der Waals surface area contributed by atoms with Gasteiger partial charge >= 0.3 is 0 Å². The molecule has 2 N–H and O–H groups in total. The second-order valence-electron chi connectivity index (χ2n) is 5.88. The average Bonchev–Trinajstić information content (AvgIpc) is 2.87. The molecule has 18 heavy (non-hydrogen) atoms. The molecule has 1 aliphatic heterocycles. The number of fused-ring (bicyclic) bond motifs is 1. The predicted molar refractivity (Wildman–Crippen MR) is 77.1 cm³/mol. The molecule has 0 aromatic heterocycles. The summed E-state index contributed by atoms with van der Waals surface area (Å²) in [6, 6.07) is 7.79. The van der Waals surface area contributed by atoms with Crippen LogP contribution in [0.15, 0.2) is 18.2 Å². The molecule has 0 saturated heterocycles. The maximum absolute atomic E-state index is 3.44. The zero-order chi connectivity index (χ0) is 12.4. The van der Waals surface area contributed by atoms with Crippen molar-refractivity contribution in [2.75, 3.05) is 18.9 Å². The van der Waals surface area contributed by atoms with E-state index in [1.54, 1.807) is 5.56 Å². The number of hydrogen-bond donors (Lipinski definition) is 2. The standard InChI is InChI=1S/C16H24N2/c1-17-15-5-2-12(3-6-15)10-13-4-7-16-14(11-13)8-9-18-16/h4,7,11-12,15,17-18H,2-3,5-6,8-10H2,1H3. The summed E-state index contributed by atoms with van der Waals surface area (Å²) in [4.78, 5) is 0. The van der Waals surface area contributed by atoms with Crippen molar-refractivity contribution in [1.29, 1.82) is 0 Å². The summed E-state index contributed by atoms with van der Waals surface area (Å²) < 4.78 is 0. The van der Waals surface area contributed by atoms with Gasteiger partial charge in [0.2, 0.25) is 0 Å². The van der Waals surface area contributed by atoms with Crippen molar-refractivity contribution in [3.05, 3.63) is 29.3 Å². The molecule has 0 atom stereocenters. The molecule has 0 spiro atoms. The molecule has 0 amide bonds. The molecule has 1 heterocycles. The SMILES string of the molecule is CNC1CCC(Cc2ccc3c(c2)CCN3)CC1. The number of nitrogens with one attached hydrogen (secondary N) is 2. The first-order valence-electron chi connectivity index (χ1n) is 7.38. The number of hydrogen-bond acceptors (Lipinski definition) is 2. The van der Waals surface area contributed by atoms with Gasteiger partial charge in [0.25, 0.3) is 0 Å². The highest BCUT2D eigenvalue weighted by molar-refractivity contribution is 5.56. The van der Waals surface area contributed by atoms with Crippen LogP contribution in [0.3, 0.4) is 0 Å². The monoisotopic (exact) mass is 244 g/mol. The molecule has 2 aliphatic rings. The molecule has 2 nitrogen and oxygen atoms in total. The predicted octanol–water partition coefficient (Wildman–Crippen LogP) is 2.98. The van der Waals surface area contributed by atoms with E-state index in [4.69, 9.17) is 0 Å². The van der Waals surface area contributed by atoms with E-state index in [0.29, 0.717) is 0 Å². The fourth-order valence-corrected chi connectivity index (χ4v) is 3.47. The Morgan fingerprint density at radius 2 is 2.06 bits per heavy atom. The third kappa shape index (κ3) is 2.54. The Bertz CT molecular complexity index is 406. The van der Waals surface area contributed by atoms with Crippen LogP contribution in [0.4, 0.5) is 5.69 Å². The molecule has 1 aliphatic carbocycles. The minimum absolute atomic E-state index is 0.769. The van der Waals surface area contributed by atoms with Gasteiger partial charge in [0, 0.05) is 18.3 Å². The molecular formula is C16H24N2. The molecule has 1 saturated carbocycles. The maximum atomic E-state index is 3.44. The van der Waals surface area contributed by atoms with Crippen molar-refractivity contribution < 1.29 is 0 Å². The van der Waals surface area contributed by atoms with Crippen LogP contribution in [0, 0.1) is 5.92 Å². The molecule has 98 valence electrons. The fourth-order valence-electron chi connectivity index (χ4n) is 3.47. The van der Waals surface area contributed by atoms with Crippen LogP contribution >= 0.6 is 0 Å². The lowest BCUT2D eigenvalue weighted by Gasteiger charge is -2.28. The van der Waals surface area contributed by atoms with Gasteiger partial charge in [0.15, 0.2) is 0 Å². The number of anilines is 1. The van der Waals surface area contributed by atoms with E-state index in [9.17, 15) is 0 Å². The van der Waals surface area contributed by atoms with Gasteiger partial charge in [-0.1, -0.05) is 12.1 Å². The molecule has 0 unspecified atom stereocenters. The lowest BCUT2D eigenvalue weighted by molar-refractivity contribution is 0.300. The van der Waals surface area contributed by atoms with E-state index >= 15 is 0 Å². The first-order valence-corrected chi connectivity index (χ1v) is 7.38. The van der Waals surface area contributed by atoms with Crippen LogP contribution in [-0.4, -0.2) is 19.6 Å². The molecule has 1 aromatic rings. The minimum atomic E-state index is 0.769. The lowest BCUT2D eigenvalue weighted by atomic mass is 9.82. The summed E-state index contributed by atoms with van der Waals surface area (Å²) in [7, 11) is 2.10. The van der Waals surface area contributed by atoms with E-state index in [2.05, 4.69) is 35.9 Å². The van der Waals surface area contributed by atoms with Gasteiger partial charge in [-0.05, 0) is 68.7 Å². The molecule has 0 bridgehead atoms. The van der Waals surface area contributed by atoms with Crippen LogP contribution in [0.1, 0.15) is 36.8 Å². The zero-order valence-corrected chi connectivity index (χ0v) is 11.3. The van der Waals surface area contributed by atoms with E-state index < -0.39 is 0 Å². The van der Waals surface area contributed by atoms with E-state index in [1.807, 2.05) is 0 Å². The average molecular weight is 244 g/mol. The molecule has 2 heteroatoms. The van der Waals surface area contributed by atoms with Gasteiger partial charge in [-0.2, -0.15) is 0 Å². The van der Waals surface area contributed by atoms with Crippen LogP contribution in [0.5, 0.6) is 0 Å². The van der Waals surface area contributed by atoms with Gasteiger partial charge in [-0.3, -0.25) is 0 Å². The third-order valence-corrected chi connectivity index (χ3v) is 4.66. The minimum Gasteiger partial charge on any atom is -0.384 e. The molecule has 0 radical (unpaired) electrons. The van der Waals surface area contributed by atoms with Gasteiger partial charge in [-0.15, -0.1) is 0 Å². The quantitative estimate of drug-likeness (QED) is 0.854. The van der Waals surface area contributed by atoms with Crippen LogP contribution in [-0.2, 0) is 12.8 Å². The van der Waals surface area contributed by atoms with Crippen molar-refractivity contribution >= 4 is 5.69 Å². The van der Waals surface area contributed by atoms with E-state index in [-0.39, 0.29) is 0 Å². The zero-order valence-electron chi connectivity index (χ0n) is 11.3. The van der Waals surface area contributed by atoms with Gasteiger partial charge in [0.05, 0.1) is 0 Å². The van der Waals surface area contributed by atoms with Crippen molar-refractivity contribution in [1.82, 2.24) is 5.32 Å². The summed E-state index contributed by atoms with van der Waals surface area (Å²) in [6.45, 7) is 1.12. The summed E-state index contributed by atoms with van der Waals surface area (Å²) in [5, 5.41) is 6.85. The van der Waals surface area contributed by atoms with Crippen LogP contribution < -0.4 is 10.6 Å². The maximum Gasteiger partial charge on any atom is 0.0373 e. The largest absolute Gasteiger partial charge is 0.384 e. The van der Waals surface area contributed by atoms with Crippen molar-refractivity contribution in [3.63, 3.8) is 0 Å². The Morgan fingerprint density at radius 3 is 2.83 bits per heavy atom.